The summed E-state index contributed by atoms with van der Waals surface area (Å²) in [7, 11) is 0. The van der Waals surface area contributed by atoms with E-state index in [1.807, 2.05) is 6.92 Å². The maximum atomic E-state index is 12.7. The number of thiocarbonyl (C=S) groups is 1. The van der Waals surface area contributed by atoms with Crippen LogP contribution in [0.3, 0.4) is 0 Å². The molecule has 3 amide bonds. The molecule has 0 aliphatic heterocycles. The van der Waals surface area contributed by atoms with Gasteiger partial charge in [-0.15, -0.1) is 0 Å². The summed E-state index contributed by atoms with van der Waals surface area (Å²) >= 11 is 8.48. The molecule has 0 spiro atoms. The van der Waals surface area contributed by atoms with Crippen LogP contribution in [0.1, 0.15) is 66.7 Å². The molecule has 10 heteroatoms. The first-order valence-corrected chi connectivity index (χ1v) is 12.3. The number of nitrogens with one attached hydrogen (secondary N) is 4. The Kier molecular flexibility index (Phi) is 11.5. The van der Waals surface area contributed by atoms with Crippen molar-refractivity contribution in [3.8, 4) is 5.75 Å². The van der Waals surface area contributed by atoms with Crippen molar-refractivity contribution >= 4 is 56.7 Å². The largest absolute Gasteiger partial charge is 0.493 e. The molecule has 34 heavy (non-hydrogen) atoms. The molecule has 0 fully saturated rings. The summed E-state index contributed by atoms with van der Waals surface area (Å²) in [5.41, 5.74) is 6.24. The van der Waals surface area contributed by atoms with Crippen LogP contribution in [0, 0.1) is 0 Å². The fourth-order valence-electron chi connectivity index (χ4n) is 2.79. The molecule has 0 saturated carbocycles. The second kappa shape index (κ2) is 14.3. The molecule has 0 aliphatic rings. The second-order valence-corrected chi connectivity index (χ2v) is 8.76. The number of benzene rings is 2. The van der Waals surface area contributed by atoms with Crippen molar-refractivity contribution in [2.75, 3.05) is 11.9 Å². The zero-order valence-corrected chi connectivity index (χ0v) is 21.6. The number of rotatable bonds is 10. The Balaban J connectivity index is 1.88. The summed E-state index contributed by atoms with van der Waals surface area (Å²) in [4.78, 5) is 36.8. The SMILES string of the molecule is CCCCOc1ccc(Br)cc1C(=O)NC(=S)NNC(=O)c1ccc(NC(=O)CCCC)cc1. The molecule has 0 aliphatic carbocycles. The summed E-state index contributed by atoms with van der Waals surface area (Å²) in [6.45, 7) is 4.57. The Labute approximate surface area is 213 Å². The lowest BCUT2D eigenvalue weighted by atomic mass is 10.2. The number of unbranched alkanes of at least 4 members (excludes halogenated alkanes) is 2. The van der Waals surface area contributed by atoms with Crippen molar-refractivity contribution < 1.29 is 19.1 Å². The van der Waals surface area contributed by atoms with Crippen LogP contribution in [0.25, 0.3) is 0 Å². The van der Waals surface area contributed by atoms with E-state index in [9.17, 15) is 14.4 Å². The summed E-state index contributed by atoms with van der Waals surface area (Å²) in [5, 5.41) is 5.24. The Morgan fingerprint density at radius 1 is 0.941 bits per heavy atom. The molecule has 0 radical (unpaired) electrons. The number of hydrogen-bond acceptors (Lipinski definition) is 5. The first-order valence-electron chi connectivity index (χ1n) is 11.1. The Bertz CT molecular complexity index is 1010. The first-order chi connectivity index (χ1) is 16.3. The van der Waals surface area contributed by atoms with Gasteiger partial charge in [-0.25, -0.2) is 0 Å². The third kappa shape index (κ3) is 9.11. The molecular formula is C24H29BrN4O4S. The average molecular weight is 549 g/mol. The number of carbonyl (C=O) groups excluding carboxylic acids is 3. The van der Waals surface area contributed by atoms with Gasteiger partial charge in [-0.3, -0.25) is 30.6 Å². The van der Waals surface area contributed by atoms with Gasteiger partial charge >= 0.3 is 0 Å². The number of halogens is 1. The van der Waals surface area contributed by atoms with Crippen LogP contribution in [0.4, 0.5) is 5.69 Å². The van der Waals surface area contributed by atoms with Gasteiger partial charge < -0.3 is 10.1 Å². The zero-order valence-electron chi connectivity index (χ0n) is 19.2. The molecule has 0 saturated heterocycles. The van der Waals surface area contributed by atoms with Crippen LogP contribution < -0.4 is 26.2 Å². The minimum absolute atomic E-state index is 0.0637. The molecular weight excluding hydrogens is 520 g/mol. The van der Waals surface area contributed by atoms with Crippen molar-refractivity contribution in [1.29, 1.82) is 0 Å². The van der Waals surface area contributed by atoms with Gasteiger partial charge in [0.25, 0.3) is 11.8 Å². The van der Waals surface area contributed by atoms with Gasteiger partial charge in [0.05, 0.1) is 12.2 Å². The molecule has 0 unspecified atom stereocenters. The molecule has 2 rings (SSSR count). The topological polar surface area (TPSA) is 109 Å². The Hall–Kier alpha value is -2.98. The van der Waals surface area contributed by atoms with Crippen molar-refractivity contribution in [3.05, 3.63) is 58.1 Å². The predicted octanol–water partition coefficient (Wildman–Crippen LogP) is 4.71. The number of anilines is 1. The predicted molar refractivity (Wildman–Crippen MR) is 140 cm³/mol. The molecule has 8 nitrogen and oxygen atoms in total. The highest BCUT2D eigenvalue weighted by Gasteiger charge is 2.15. The van der Waals surface area contributed by atoms with Crippen molar-refractivity contribution in [3.63, 3.8) is 0 Å². The van der Waals surface area contributed by atoms with E-state index < -0.39 is 11.8 Å². The smallest absolute Gasteiger partial charge is 0.269 e. The third-order valence-electron chi connectivity index (χ3n) is 4.65. The van der Waals surface area contributed by atoms with E-state index in [1.54, 1.807) is 42.5 Å². The Morgan fingerprint density at radius 2 is 1.65 bits per heavy atom. The van der Waals surface area contributed by atoms with Crippen molar-refractivity contribution in [2.24, 2.45) is 0 Å². The summed E-state index contributed by atoms with van der Waals surface area (Å²) in [5.74, 6) is -0.539. The van der Waals surface area contributed by atoms with Crippen LogP contribution >= 0.6 is 28.1 Å². The average Bonchev–Trinajstić information content (AvgIpc) is 2.82. The standard InChI is InChI=1S/C24H29BrN4O4S/c1-3-5-7-21(30)26-18-11-8-16(9-12-18)22(31)28-29-24(34)27-23(32)19-15-17(25)10-13-20(19)33-14-6-4-2/h8-13,15H,3-7,14H2,1-2H3,(H,26,30)(H,28,31)(H2,27,29,32,34). The fourth-order valence-corrected chi connectivity index (χ4v) is 3.29. The van der Waals surface area contributed by atoms with Crippen LogP contribution in [-0.4, -0.2) is 29.4 Å². The maximum absolute atomic E-state index is 12.7. The number of amides is 3. The third-order valence-corrected chi connectivity index (χ3v) is 5.34. The highest BCUT2D eigenvalue weighted by atomic mass is 79.9. The van der Waals surface area contributed by atoms with E-state index >= 15 is 0 Å². The van der Waals surface area contributed by atoms with Gasteiger partial charge in [0.1, 0.15) is 5.75 Å². The van der Waals surface area contributed by atoms with Gasteiger partial charge in [0, 0.05) is 22.1 Å². The van der Waals surface area contributed by atoms with E-state index in [2.05, 4.69) is 44.3 Å². The van der Waals surface area contributed by atoms with Crippen LogP contribution in [0.15, 0.2) is 46.9 Å². The summed E-state index contributed by atoms with van der Waals surface area (Å²) < 4.78 is 6.42. The first kappa shape index (κ1) is 27.3. The Morgan fingerprint density at radius 3 is 2.32 bits per heavy atom. The summed E-state index contributed by atoms with van der Waals surface area (Å²) in [6, 6.07) is 11.6. The van der Waals surface area contributed by atoms with Gasteiger partial charge in [-0.05, 0) is 67.5 Å². The van der Waals surface area contributed by atoms with Crippen LogP contribution in [0.2, 0.25) is 0 Å². The lowest BCUT2D eigenvalue weighted by Gasteiger charge is -2.14. The van der Waals surface area contributed by atoms with Crippen molar-refractivity contribution in [1.82, 2.24) is 16.2 Å². The number of hydrogen-bond donors (Lipinski definition) is 4. The molecule has 0 bridgehead atoms. The fraction of sp³-hybridized carbons (Fsp3) is 0.333. The number of ether oxygens (including phenoxy) is 1. The van der Waals surface area contributed by atoms with E-state index in [0.717, 1.165) is 30.2 Å². The highest BCUT2D eigenvalue weighted by molar-refractivity contribution is 9.10. The molecule has 4 N–H and O–H groups in total. The van der Waals surface area contributed by atoms with Gasteiger partial charge in [-0.1, -0.05) is 42.6 Å². The van der Waals surface area contributed by atoms with E-state index in [1.165, 1.54) is 0 Å². The molecule has 182 valence electrons. The molecule has 0 heterocycles. The normalized spacial score (nSPS) is 10.2. The van der Waals surface area contributed by atoms with Crippen LogP contribution in [-0.2, 0) is 4.79 Å². The molecule has 0 atom stereocenters. The quantitative estimate of drug-likeness (QED) is 0.194. The monoisotopic (exact) mass is 548 g/mol. The van der Waals surface area contributed by atoms with Crippen LogP contribution in [0.5, 0.6) is 5.75 Å². The van der Waals surface area contributed by atoms with E-state index in [4.69, 9.17) is 17.0 Å². The van der Waals surface area contributed by atoms with E-state index in [0.29, 0.717) is 35.6 Å². The number of hydrazine groups is 1. The summed E-state index contributed by atoms with van der Waals surface area (Å²) in [6.07, 6.45) is 4.07. The highest BCUT2D eigenvalue weighted by Crippen LogP contribution is 2.23. The minimum Gasteiger partial charge on any atom is -0.493 e. The zero-order chi connectivity index (χ0) is 24.9. The molecule has 0 aromatic heterocycles. The van der Waals surface area contributed by atoms with Gasteiger partial charge in [0.2, 0.25) is 5.91 Å². The molecule has 2 aromatic rings. The lowest BCUT2D eigenvalue weighted by molar-refractivity contribution is -0.116. The van der Waals surface area contributed by atoms with Gasteiger partial charge in [0.15, 0.2) is 5.11 Å². The number of carbonyl (C=O) groups is 3. The molecule has 2 aromatic carbocycles. The van der Waals surface area contributed by atoms with E-state index in [-0.39, 0.29) is 11.0 Å². The minimum atomic E-state index is -0.470. The second-order valence-electron chi connectivity index (χ2n) is 7.43. The van der Waals surface area contributed by atoms with Gasteiger partial charge in [-0.2, -0.15) is 0 Å². The maximum Gasteiger partial charge on any atom is 0.269 e. The van der Waals surface area contributed by atoms with Crippen molar-refractivity contribution in [2.45, 2.75) is 46.0 Å². The lowest BCUT2D eigenvalue weighted by Crippen LogP contribution is -2.48.